The van der Waals surface area contributed by atoms with Crippen molar-refractivity contribution in [2.24, 2.45) is 0 Å². The summed E-state index contributed by atoms with van der Waals surface area (Å²) in [5.41, 5.74) is 1.14. The molecule has 18 heavy (non-hydrogen) atoms. The highest BCUT2D eigenvalue weighted by Gasteiger charge is 2.01. The van der Waals surface area contributed by atoms with Gasteiger partial charge in [-0.05, 0) is 36.8 Å². The quantitative estimate of drug-likeness (QED) is 0.750. The van der Waals surface area contributed by atoms with Gasteiger partial charge in [0.25, 0.3) is 0 Å². The average molecular weight is 246 g/mol. The van der Waals surface area contributed by atoms with Crippen molar-refractivity contribution in [3.8, 4) is 11.5 Å². The second kappa shape index (κ2) is 6.05. The van der Waals surface area contributed by atoms with Crippen LogP contribution < -0.4 is 9.47 Å². The Balaban J connectivity index is 1.78. The molecule has 0 aromatic heterocycles. The largest absolute Gasteiger partial charge is 0.490 e. The smallest absolute Gasteiger partial charge is 0.165 e. The van der Waals surface area contributed by atoms with Gasteiger partial charge in [-0.25, -0.2) is 4.39 Å². The summed E-state index contributed by atoms with van der Waals surface area (Å²) in [4.78, 5) is 0. The molecule has 0 saturated heterocycles. The summed E-state index contributed by atoms with van der Waals surface area (Å²) in [5, 5.41) is 0. The van der Waals surface area contributed by atoms with Crippen LogP contribution in [-0.4, -0.2) is 13.2 Å². The lowest BCUT2D eigenvalue weighted by atomic mass is 10.2. The van der Waals surface area contributed by atoms with Crippen LogP contribution in [0.5, 0.6) is 11.5 Å². The maximum Gasteiger partial charge on any atom is 0.165 e. The van der Waals surface area contributed by atoms with Crippen LogP contribution in [0.2, 0.25) is 0 Å². The molecule has 2 rings (SSSR count). The number of rotatable bonds is 5. The molecule has 2 aromatic carbocycles. The highest BCUT2D eigenvalue weighted by Crippen LogP contribution is 2.15. The molecule has 0 aliphatic heterocycles. The first kappa shape index (κ1) is 12.4. The summed E-state index contributed by atoms with van der Waals surface area (Å²) < 4.78 is 24.0. The number of para-hydroxylation sites is 1. The van der Waals surface area contributed by atoms with E-state index in [4.69, 9.17) is 9.47 Å². The SMILES string of the molecule is Cc1cccc(OCCOc2ccccc2F)c1. The molecular weight excluding hydrogens is 231 g/mol. The Morgan fingerprint density at radius 2 is 1.72 bits per heavy atom. The van der Waals surface area contributed by atoms with Crippen molar-refractivity contribution in [3.63, 3.8) is 0 Å². The van der Waals surface area contributed by atoms with Crippen molar-refractivity contribution in [1.82, 2.24) is 0 Å². The van der Waals surface area contributed by atoms with Crippen LogP contribution >= 0.6 is 0 Å². The Bertz CT molecular complexity index is 511. The zero-order valence-electron chi connectivity index (χ0n) is 10.2. The zero-order valence-corrected chi connectivity index (χ0v) is 10.2. The van der Waals surface area contributed by atoms with E-state index in [-0.39, 0.29) is 11.6 Å². The summed E-state index contributed by atoms with van der Waals surface area (Å²) in [5.74, 6) is 0.700. The van der Waals surface area contributed by atoms with Crippen molar-refractivity contribution in [2.45, 2.75) is 6.92 Å². The maximum atomic E-state index is 13.2. The monoisotopic (exact) mass is 246 g/mol. The summed E-state index contributed by atoms with van der Waals surface area (Å²) in [6, 6.07) is 14.1. The van der Waals surface area contributed by atoms with E-state index in [0.29, 0.717) is 13.2 Å². The second-order valence-corrected chi connectivity index (χ2v) is 3.94. The van der Waals surface area contributed by atoms with Crippen molar-refractivity contribution in [1.29, 1.82) is 0 Å². The van der Waals surface area contributed by atoms with E-state index >= 15 is 0 Å². The third kappa shape index (κ3) is 3.48. The molecule has 0 spiro atoms. The fourth-order valence-corrected chi connectivity index (χ4v) is 1.58. The number of ether oxygens (including phenoxy) is 2. The lowest BCUT2D eigenvalue weighted by molar-refractivity contribution is 0.211. The minimum atomic E-state index is -0.354. The minimum Gasteiger partial charge on any atom is -0.490 e. The van der Waals surface area contributed by atoms with E-state index in [0.717, 1.165) is 11.3 Å². The zero-order chi connectivity index (χ0) is 12.8. The second-order valence-electron chi connectivity index (χ2n) is 3.94. The summed E-state index contributed by atoms with van der Waals surface area (Å²) in [7, 11) is 0. The Morgan fingerprint density at radius 3 is 2.50 bits per heavy atom. The van der Waals surface area contributed by atoms with Crippen LogP contribution in [0, 0.1) is 12.7 Å². The summed E-state index contributed by atoms with van der Waals surface area (Å²) in [6.45, 7) is 2.70. The van der Waals surface area contributed by atoms with Crippen LogP contribution in [-0.2, 0) is 0 Å². The lowest BCUT2D eigenvalue weighted by Gasteiger charge is -2.09. The Kier molecular flexibility index (Phi) is 4.18. The van der Waals surface area contributed by atoms with Crippen molar-refractivity contribution in [2.75, 3.05) is 13.2 Å². The molecule has 0 amide bonds. The molecule has 0 N–H and O–H groups in total. The van der Waals surface area contributed by atoms with Crippen LogP contribution in [0.1, 0.15) is 5.56 Å². The van der Waals surface area contributed by atoms with Gasteiger partial charge in [-0.2, -0.15) is 0 Å². The summed E-state index contributed by atoms with van der Waals surface area (Å²) in [6.07, 6.45) is 0. The van der Waals surface area contributed by atoms with E-state index in [1.807, 2.05) is 31.2 Å². The summed E-state index contributed by atoms with van der Waals surface area (Å²) >= 11 is 0. The van der Waals surface area contributed by atoms with Crippen molar-refractivity contribution in [3.05, 3.63) is 59.9 Å². The van der Waals surface area contributed by atoms with Gasteiger partial charge < -0.3 is 9.47 Å². The first-order valence-electron chi connectivity index (χ1n) is 5.82. The molecule has 0 saturated carbocycles. The van der Waals surface area contributed by atoms with Gasteiger partial charge in [0.1, 0.15) is 19.0 Å². The Morgan fingerprint density at radius 1 is 0.944 bits per heavy atom. The van der Waals surface area contributed by atoms with Gasteiger partial charge >= 0.3 is 0 Å². The molecule has 2 aromatic rings. The van der Waals surface area contributed by atoms with Crippen LogP contribution in [0.4, 0.5) is 4.39 Å². The highest BCUT2D eigenvalue weighted by molar-refractivity contribution is 5.27. The standard InChI is InChI=1S/C15H15FO2/c1-12-5-4-6-13(11-12)17-9-10-18-15-8-3-2-7-14(15)16/h2-8,11H,9-10H2,1H3. The third-order valence-electron chi connectivity index (χ3n) is 2.44. The van der Waals surface area contributed by atoms with Gasteiger partial charge in [0, 0.05) is 0 Å². The number of aryl methyl sites for hydroxylation is 1. The first-order valence-corrected chi connectivity index (χ1v) is 5.82. The number of benzene rings is 2. The van der Waals surface area contributed by atoms with Gasteiger partial charge in [-0.3, -0.25) is 0 Å². The highest BCUT2D eigenvalue weighted by atomic mass is 19.1. The fraction of sp³-hybridized carbons (Fsp3) is 0.200. The molecule has 0 aliphatic rings. The van der Waals surface area contributed by atoms with Gasteiger partial charge in [0.2, 0.25) is 0 Å². The molecule has 0 unspecified atom stereocenters. The van der Waals surface area contributed by atoms with Crippen LogP contribution in [0.3, 0.4) is 0 Å². The molecule has 0 bridgehead atoms. The topological polar surface area (TPSA) is 18.5 Å². The third-order valence-corrected chi connectivity index (χ3v) is 2.44. The van der Waals surface area contributed by atoms with E-state index in [1.165, 1.54) is 6.07 Å². The lowest BCUT2D eigenvalue weighted by Crippen LogP contribution is -2.09. The minimum absolute atomic E-state index is 0.255. The molecule has 94 valence electrons. The van der Waals surface area contributed by atoms with Gasteiger partial charge in [-0.1, -0.05) is 24.3 Å². The molecule has 0 aliphatic carbocycles. The molecule has 0 radical (unpaired) electrons. The molecule has 3 heteroatoms. The van der Waals surface area contributed by atoms with Gasteiger partial charge in [0.05, 0.1) is 0 Å². The number of hydrogen-bond donors (Lipinski definition) is 0. The Labute approximate surface area is 106 Å². The first-order chi connectivity index (χ1) is 8.75. The number of hydrogen-bond acceptors (Lipinski definition) is 2. The predicted molar refractivity (Wildman–Crippen MR) is 68.6 cm³/mol. The molecular formula is C15H15FO2. The van der Waals surface area contributed by atoms with E-state index in [1.54, 1.807) is 18.2 Å². The van der Waals surface area contributed by atoms with E-state index < -0.39 is 0 Å². The average Bonchev–Trinajstić information content (AvgIpc) is 2.37. The molecule has 0 atom stereocenters. The number of halogens is 1. The molecule has 2 nitrogen and oxygen atoms in total. The van der Waals surface area contributed by atoms with E-state index in [2.05, 4.69) is 0 Å². The fourth-order valence-electron chi connectivity index (χ4n) is 1.58. The predicted octanol–water partition coefficient (Wildman–Crippen LogP) is 3.59. The molecule has 0 fully saturated rings. The maximum absolute atomic E-state index is 13.2. The van der Waals surface area contributed by atoms with Crippen molar-refractivity contribution >= 4 is 0 Å². The van der Waals surface area contributed by atoms with Crippen LogP contribution in [0.15, 0.2) is 48.5 Å². The normalized spacial score (nSPS) is 10.1. The van der Waals surface area contributed by atoms with Gasteiger partial charge in [-0.15, -0.1) is 0 Å². The Hall–Kier alpha value is -2.03. The van der Waals surface area contributed by atoms with E-state index in [9.17, 15) is 4.39 Å². The molecule has 0 heterocycles. The van der Waals surface area contributed by atoms with Crippen molar-refractivity contribution < 1.29 is 13.9 Å². The van der Waals surface area contributed by atoms with Gasteiger partial charge in [0.15, 0.2) is 11.6 Å². The van der Waals surface area contributed by atoms with Crippen LogP contribution in [0.25, 0.3) is 0 Å².